The molecule has 5 nitrogen and oxygen atoms in total. The summed E-state index contributed by atoms with van der Waals surface area (Å²) in [5.74, 6) is 5.57. The van der Waals surface area contributed by atoms with E-state index in [1.807, 2.05) is 0 Å². The van der Waals surface area contributed by atoms with Gasteiger partial charge >= 0.3 is 0 Å². The second-order valence-electron chi connectivity index (χ2n) is 5.67. The van der Waals surface area contributed by atoms with Crippen LogP contribution in [0.1, 0.15) is 49.2 Å². The Morgan fingerprint density at radius 2 is 2.21 bits per heavy atom. The summed E-state index contributed by atoms with van der Waals surface area (Å²) in [5, 5.41) is 0. The van der Waals surface area contributed by atoms with Crippen molar-refractivity contribution >= 4 is 5.91 Å². The standard InChI is InChI=1S/C14H23N3O2/c1-3-14(2)5-7-17(8-6-14)10-12-11(4-9-19-12)13(18)16-15/h4,9H,3,5-8,10,15H2,1-2H3,(H,16,18). The van der Waals surface area contributed by atoms with Gasteiger partial charge in [0, 0.05) is 0 Å². The lowest BCUT2D eigenvalue weighted by Crippen LogP contribution is -2.38. The van der Waals surface area contributed by atoms with Crippen molar-refractivity contribution < 1.29 is 9.21 Å². The fourth-order valence-electron chi connectivity index (χ4n) is 2.55. The average molecular weight is 265 g/mol. The Balaban J connectivity index is 1.96. The molecule has 0 bridgehead atoms. The molecule has 1 fully saturated rings. The van der Waals surface area contributed by atoms with Crippen molar-refractivity contribution in [1.82, 2.24) is 10.3 Å². The molecule has 0 saturated carbocycles. The summed E-state index contributed by atoms with van der Waals surface area (Å²) in [4.78, 5) is 13.9. The Kier molecular flexibility index (Phi) is 4.27. The summed E-state index contributed by atoms with van der Waals surface area (Å²) >= 11 is 0. The van der Waals surface area contributed by atoms with Gasteiger partial charge in [0.15, 0.2) is 0 Å². The Hall–Kier alpha value is -1.33. The maximum atomic E-state index is 11.6. The molecule has 3 N–H and O–H groups in total. The van der Waals surface area contributed by atoms with E-state index in [1.54, 1.807) is 12.3 Å². The molecular formula is C14H23N3O2. The number of nitrogen functional groups attached to an aromatic ring is 1. The van der Waals surface area contributed by atoms with Crippen molar-refractivity contribution in [2.45, 2.75) is 39.7 Å². The van der Waals surface area contributed by atoms with Crippen molar-refractivity contribution in [2.24, 2.45) is 11.3 Å². The largest absolute Gasteiger partial charge is 0.467 e. The number of hydrazine groups is 1. The Morgan fingerprint density at radius 1 is 1.53 bits per heavy atom. The van der Waals surface area contributed by atoms with E-state index in [0.29, 0.717) is 23.3 Å². The van der Waals surface area contributed by atoms with Crippen molar-refractivity contribution in [1.29, 1.82) is 0 Å². The van der Waals surface area contributed by atoms with Gasteiger partial charge in [0.1, 0.15) is 5.76 Å². The van der Waals surface area contributed by atoms with E-state index in [9.17, 15) is 4.79 Å². The van der Waals surface area contributed by atoms with Crippen LogP contribution in [-0.4, -0.2) is 23.9 Å². The van der Waals surface area contributed by atoms with Gasteiger partial charge in [0.05, 0.1) is 18.4 Å². The number of furan rings is 1. The van der Waals surface area contributed by atoms with Gasteiger partial charge in [-0.2, -0.15) is 0 Å². The zero-order valence-corrected chi connectivity index (χ0v) is 11.7. The first-order valence-corrected chi connectivity index (χ1v) is 6.87. The summed E-state index contributed by atoms with van der Waals surface area (Å²) in [6.45, 7) is 7.38. The molecule has 19 heavy (non-hydrogen) atoms. The normalized spacial score (nSPS) is 19.3. The first-order valence-electron chi connectivity index (χ1n) is 6.87. The van der Waals surface area contributed by atoms with E-state index in [4.69, 9.17) is 10.3 Å². The molecule has 0 aromatic carbocycles. The number of nitrogens with two attached hydrogens (primary N) is 1. The molecule has 2 heterocycles. The molecule has 106 valence electrons. The summed E-state index contributed by atoms with van der Waals surface area (Å²) in [5.41, 5.74) is 3.15. The molecule has 5 heteroatoms. The van der Waals surface area contributed by atoms with E-state index < -0.39 is 0 Å². The number of carbonyl (C=O) groups is 1. The predicted octanol–water partition coefficient (Wildman–Crippen LogP) is 1.90. The van der Waals surface area contributed by atoms with Gasteiger partial charge in [-0.05, 0) is 37.4 Å². The van der Waals surface area contributed by atoms with E-state index >= 15 is 0 Å². The third-order valence-electron chi connectivity index (χ3n) is 4.41. The van der Waals surface area contributed by atoms with Gasteiger partial charge < -0.3 is 4.42 Å². The molecule has 0 spiro atoms. The molecule has 1 aliphatic heterocycles. The minimum atomic E-state index is -0.292. The Labute approximate surface area is 114 Å². The summed E-state index contributed by atoms with van der Waals surface area (Å²) in [6.07, 6.45) is 5.16. The topological polar surface area (TPSA) is 71.5 Å². The zero-order valence-electron chi connectivity index (χ0n) is 11.7. The lowest BCUT2D eigenvalue weighted by atomic mass is 9.78. The first-order chi connectivity index (χ1) is 9.08. The number of hydrogen-bond donors (Lipinski definition) is 2. The monoisotopic (exact) mass is 265 g/mol. The Morgan fingerprint density at radius 3 is 2.79 bits per heavy atom. The first kappa shape index (κ1) is 14.1. The SMILES string of the molecule is CCC1(C)CCN(Cc2occc2C(=O)NN)CC1. The molecular weight excluding hydrogens is 242 g/mol. The number of carbonyl (C=O) groups excluding carboxylic acids is 1. The minimum Gasteiger partial charge on any atom is -0.467 e. The molecule has 1 aromatic rings. The molecule has 0 unspecified atom stereocenters. The molecule has 0 atom stereocenters. The molecule has 1 saturated heterocycles. The van der Waals surface area contributed by atoms with Crippen LogP contribution in [0.5, 0.6) is 0 Å². The quantitative estimate of drug-likeness (QED) is 0.495. The van der Waals surface area contributed by atoms with Gasteiger partial charge in [0.2, 0.25) is 0 Å². The number of rotatable bonds is 4. The lowest BCUT2D eigenvalue weighted by molar-refractivity contribution is 0.0932. The predicted molar refractivity (Wildman–Crippen MR) is 73.3 cm³/mol. The maximum absolute atomic E-state index is 11.6. The fraction of sp³-hybridized carbons (Fsp3) is 0.643. The van der Waals surface area contributed by atoms with Crippen molar-refractivity contribution in [3.63, 3.8) is 0 Å². The van der Waals surface area contributed by atoms with Gasteiger partial charge in [-0.15, -0.1) is 0 Å². The number of hydrogen-bond acceptors (Lipinski definition) is 4. The second kappa shape index (κ2) is 5.75. The van der Waals surface area contributed by atoms with Gasteiger partial charge in [-0.1, -0.05) is 20.3 Å². The number of amides is 1. The summed E-state index contributed by atoms with van der Waals surface area (Å²) in [6, 6.07) is 1.66. The highest BCUT2D eigenvalue weighted by atomic mass is 16.3. The average Bonchev–Trinajstić information content (AvgIpc) is 2.89. The lowest BCUT2D eigenvalue weighted by Gasteiger charge is -2.38. The van der Waals surface area contributed by atoms with Crippen molar-refractivity contribution in [3.8, 4) is 0 Å². The van der Waals surface area contributed by atoms with Crippen LogP contribution in [-0.2, 0) is 6.54 Å². The van der Waals surface area contributed by atoms with Crippen LogP contribution in [0.15, 0.2) is 16.7 Å². The fourth-order valence-corrected chi connectivity index (χ4v) is 2.55. The van der Waals surface area contributed by atoms with Crippen LogP contribution in [0.4, 0.5) is 0 Å². The van der Waals surface area contributed by atoms with Crippen molar-refractivity contribution in [3.05, 3.63) is 23.7 Å². The smallest absolute Gasteiger partial charge is 0.268 e. The Bertz CT molecular complexity index is 434. The maximum Gasteiger partial charge on any atom is 0.268 e. The highest BCUT2D eigenvalue weighted by Crippen LogP contribution is 2.34. The van der Waals surface area contributed by atoms with Gasteiger partial charge in [0.25, 0.3) is 5.91 Å². The number of nitrogens with zero attached hydrogens (tertiary/aromatic N) is 1. The number of piperidine rings is 1. The number of likely N-dealkylation sites (tertiary alicyclic amines) is 1. The summed E-state index contributed by atoms with van der Waals surface area (Å²) in [7, 11) is 0. The molecule has 1 aromatic heterocycles. The van der Waals surface area contributed by atoms with Gasteiger partial charge in [-0.25, -0.2) is 5.84 Å². The summed E-state index contributed by atoms with van der Waals surface area (Å²) < 4.78 is 5.41. The van der Waals surface area contributed by atoms with E-state index in [1.165, 1.54) is 19.3 Å². The molecule has 2 rings (SSSR count). The molecule has 1 aliphatic rings. The second-order valence-corrected chi connectivity index (χ2v) is 5.67. The highest BCUT2D eigenvalue weighted by Gasteiger charge is 2.29. The third kappa shape index (κ3) is 3.16. The van der Waals surface area contributed by atoms with Crippen LogP contribution in [0.3, 0.4) is 0 Å². The van der Waals surface area contributed by atoms with Crippen LogP contribution < -0.4 is 11.3 Å². The molecule has 1 amide bonds. The third-order valence-corrected chi connectivity index (χ3v) is 4.41. The van der Waals surface area contributed by atoms with Crippen LogP contribution in [0.2, 0.25) is 0 Å². The van der Waals surface area contributed by atoms with Crippen LogP contribution >= 0.6 is 0 Å². The van der Waals surface area contributed by atoms with E-state index in [0.717, 1.165) is 13.1 Å². The molecule has 0 radical (unpaired) electrons. The molecule has 0 aliphatic carbocycles. The van der Waals surface area contributed by atoms with E-state index in [-0.39, 0.29) is 5.91 Å². The van der Waals surface area contributed by atoms with Crippen LogP contribution in [0.25, 0.3) is 0 Å². The number of nitrogens with one attached hydrogen (secondary N) is 1. The minimum absolute atomic E-state index is 0.292. The van der Waals surface area contributed by atoms with Gasteiger partial charge in [-0.3, -0.25) is 15.1 Å². The van der Waals surface area contributed by atoms with E-state index in [2.05, 4.69) is 24.2 Å². The van der Waals surface area contributed by atoms with Crippen molar-refractivity contribution in [2.75, 3.05) is 13.1 Å². The zero-order chi connectivity index (χ0) is 13.9. The van der Waals surface area contributed by atoms with Crippen LogP contribution in [0, 0.1) is 5.41 Å². The highest BCUT2D eigenvalue weighted by molar-refractivity contribution is 5.94.